The summed E-state index contributed by atoms with van der Waals surface area (Å²) in [7, 11) is 0. The number of carbonyl (C=O) groups is 1. The number of nitrogens with one attached hydrogen (secondary N) is 1. The van der Waals surface area contributed by atoms with Gasteiger partial charge >= 0.3 is 0 Å². The Labute approximate surface area is 102 Å². The highest BCUT2D eigenvalue weighted by molar-refractivity contribution is 14.1. The van der Waals surface area contributed by atoms with Crippen LogP contribution in [0.1, 0.15) is 17.3 Å². The highest BCUT2D eigenvalue weighted by Crippen LogP contribution is 2.07. The van der Waals surface area contributed by atoms with Crippen LogP contribution in [0, 0.1) is 3.57 Å². The fraction of sp³-hybridized carbons (Fsp3) is 0.300. The van der Waals surface area contributed by atoms with Gasteiger partial charge in [-0.05, 0) is 47.7 Å². The lowest BCUT2D eigenvalue weighted by Gasteiger charge is -2.10. The van der Waals surface area contributed by atoms with Crippen LogP contribution < -0.4 is 5.32 Å². The molecule has 0 spiro atoms. The number of rotatable bonds is 3. The molecule has 0 aromatic heterocycles. The Morgan fingerprint density at radius 1 is 1.64 bits per heavy atom. The lowest BCUT2D eigenvalue weighted by atomic mass is 10.2. The summed E-state index contributed by atoms with van der Waals surface area (Å²) in [6.45, 7) is 1.87. The van der Waals surface area contributed by atoms with Crippen LogP contribution in [0.15, 0.2) is 24.3 Å². The maximum Gasteiger partial charge on any atom is 0.251 e. The molecule has 0 heterocycles. The van der Waals surface area contributed by atoms with Crippen molar-refractivity contribution in [2.24, 2.45) is 0 Å². The van der Waals surface area contributed by atoms with Gasteiger partial charge in [0.15, 0.2) is 0 Å². The summed E-state index contributed by atoms with van der Waals surface area (Å²) in [5.41, 5.74) is 0.675. The van der Waals surface area contributed by atoms with E-state index in [9.17, 15) is 4.79 Å². The standard InChI is InChI=1S/C10H11ClINO/c1-7(6-11)13-10(14)8-3-2-4-9(12)5-8/h2-5,7H,6H2,1H3,(H,13,14). The Balaban J connectivity index is 2.70. The molecule has 76 valence electrons. The van der Waals surface area contributed by atoms with Crippen molar-refractivity contribution in [1.29, 1.82) is 0 Å². The first-order valence-electron chi connectivity index (χ1n) is 4.26. The van der Waals surface area contributed by atoms with Crippen molar-refractivity contribution in [2.75, 3.05) is 5.88 Å². The Hall–Kier alpha value is -0.290. The number of amides is 1. The van der Waals surface area contributed by atoms with Gasteiger partial charge in [-0.1, -0.05) is 6.07 Å². The fourth-order valence-electron chi connectivity index (χ4n) is 0.975. The van der Waals surface area contributed by atoms with E-state index in [1.54, 1.807) is 6.07 Å². The van der Waals surface area contributed by atoms with E-state index in [0.29, 0.717) is 11.4 Å². The number of alkyl halides is 1. The van der Waals surface area contributed by atoms with Gasteiger partial charge in [-0.25, -0.2) is 0 Å². The molecule has 1 unspecified atom stereocenters. The monoisotopic (exact) mass is 323 g/mol. The first-order valence-corrected chi connectivity index (χ1v) is 5.87. The van der Waals surface area contributed by atoms with Gasteiger partial charge in [-0.15, -0.1) is 11.6 Å². The molecule has 1 N–H and O–H groups in total. The maximum atomic E-state index is 11.6. The van der Waals surface area contributed by atoms with E-state index < -0.39 is 0 Å². The quantitative estimate of drug-likeness (QED) is 0.672. The summed E-state index contributed by atoms with van der Waals surface area (Å²) in [6, 6.07) is 7.45. The lowest BCUT2D eigenvalue weighted by Crippen LogP contribution is -2.33. The van der Waals surface area contributed by atoms with Crippen LogP contribution in [0.5, 0.6) is 0 Å². The van der Waals surface area contributed by atoms with Crippen molar-refractivity contribution < 1.29 is 4.79 Å². The molecular formula is C10H11ClINO. The summed E-state index contributed by atoms with van der Waals surface area (Å²) in [5.74, 6) is 0.354. The molecular weight excluding hydrogens is 312 g/mol. The Morgan fingerprint density at radius 3 is 2.93 bits per heavy atom. The van der Waals surface area contributed by atoms with Crippen LogP contribution in [0.4, 0.5) is 0 Å². The largest absolute Gasteiger partial charge is 0.348 e. The van der Waals surface area contributed by atoms with Crippen LogP contribution >= 0.6 is 34.2 Å². The van der Waals surface area contributed by atoms with E-state index in [0.717, 1.165) is 3.57 Å². The first-order chi connectivity index (χ1) is 6.63. The summed E-state index contributed by atoms with van der Waals surface area (Å²) >= 11 is 7.77. The second-order valence-corrected chi connectivity index (χ2v) is 4.59. The van der Waals surface area contributed by atoms with E-state index in [1.807, 2.05) is 25.1 Å². The molecule has 0 aliphatic rings. The van der Waals surface area contributed by atoms with Crippen molar-refractivity contribution in [2.45, 2.75) is 13.0 Å². The minimum absolute atomic E-state index is 0.00188. The molecule has 14 heavy (non-hydrogen) atoms. The lowest BCUT2D eigenvalue weighted by molar-refractivity contribution is 0.0943. The third-order valence-electron chi connectivity index (χ3n) is 1.70. The highest BCUT2D eigenvalue weighted by Gasteiger charge is 2.08. The van der Waals surface area contributed by atoms with Crippen molar-refractivity contribution in [3.05, 3.63) is 33.4 Å². The van der Waals surface area contributed by atoms with Gasteiger partial charge in [0.25, 0.3) is 5.91 Å². The molecule has 1 atom stereocenters. The number of hydrogen-bond donors (Lipinski definition) is 1. The molecule has 0 bridgehead atoms. The van der Waals surface area contributed by atoms with E-state index in [-0.39, 0.29) is 11.9 Å². The molecule has 1 rings (SSSR count). The normalized spacial score (nSPS) is 12.2. The second kappa shape index (κ2) is 5.56. The molecule has 0 aliphatic carbocycles. The molecule has 4 heteroatoms. The van der Waals surface area contributed by atoms with Crippen LogP contribution in [-0.2, 0) is 0 Å². The highest BCUT2D eigenvalue weighted by atomic mass is 127. The number of benzene rings is 1. The zero-order chi connectivity index (χ0) is 10.6. The molecule has 0 fully saturated rings. The smallest absolute Gasteiger partial charge is 0.251 e. The minimum atomic E-state index is -0.0725. The third-order valence-corrected chi connectivity index (χ3v) is 2.83. The summed E-state index contributed by atoms with van der Waals surface area (Å²) < 4.78 is 1.05. The van der Waals surface area contributed by atoms with Crippen LogP contribution in [0.25, 0.3) is 0 Å². The van der Waals surface area contributed by atoms with E-state index in [4.69, 9.17) is 11.6 Å². The Bertz CT molecular complexity index is 330. The predicted octanol–water partition coefficient (Wildman–Crippen LogP) is 2.65. The van der Waals surface area contributed by atoms with Crippen LogP contribution in [0.3, 0.4) is 0 Å². The molecule has 0 aliphatic heterocycles. The second-order valence-electron chi connectivity index (χ2n) is 3.04. The van der Waals surface area contributed by atoms with Crippen LogP contribution in [-0.4, -0.2) is 17.8 Å². The molecule has 1 aromatic rings. The summed E-state index contributed by atoms with van der Waals surface area (Å²) in [6.07, 6.45) is 0. The van der Waals surface area contributed by atoms with Gasteiger partial charge in [0.1, 0.15) is 0 Å². The van der Waals surface area contributed by atoms with Gasteiger partial charge < -0.3 is 5.32 Å². The molecule has 1 aromatic carbocycles. The minimum Gasteiger partial charge on any atom is -0.348 e. The SMILES string of the molecule is CC(CCl)NC(=O)c1cccc(I)c1. The van der Waals surface area contributed by atoms with Crippen LogP contribution in [0.2, 0.25) is 0 Å². The molecule has 0 radical (unpaired) electrons. The van der Waals surface area contributed by atoms with Gasteiger partial charge in [0, 0.05) is 21.1 Å². The van der Waals surface area contributed by atoms with Crippen molar-refractivity contribution >= 4 is 40.1 Å². The number of hydrogen-bond acceptors (Lipinski definition) is 1. The molecule has 1 amide bonds. The predicted molar refractivity (Wildman–Crippen MR) is 66.8 cm³/mol. The van der Waals surface area contributed by atoms with Gasteiger partial charge in [-0.2, -0.15) is 0 Å². The zero-order valence-corrected chi connectivity index (χ0v) is 10.7. The summed E-state index contributed by atoms with van der Waals surface area (Å²) in [4.78, 5) is 11.6. The average Bonchev–Trinajstić information content (AvgIpc) is 2.17. The number of halogens is 2. The zero-order valence-electron chi connectivity index (χ0n) is 7.76. The fourth-order valence-corrected chi connectivity index (χ4v) is 1.60. The van der Waals surface area contributed by atoms with Gasteiger partial charge in [0.05, 0.1) is 0 Å². The molecule has 0 saturated heterocycles. The molecule has 0 saturated carbocycles. The third kappa shape index (κ3) is 3.46. The average molecular weight is 324 g/mol. The topological polar surface area (TPSA) is 29.1 Å². The molecule has 2 nitrogen and oxygen atoms in total. The van der Waals surface area contributed by atoms with E-state index in [1.165, 1.54) is 0 Å². The van der Waals surface area contributed by atoms with Crippen molar-refractivity contribution in [1.82, 2.24) is 5.32 Å². The Kier molecular flexibility index (Phi) is 4.68. The number of carbonyl (C=O) groups excluding carboxylic acids is 1. The maximum absolute atomic E-state index is 11.6. The Morgan fingerprint density at radius 2 is 2.36 bits per heavy atom. The summed E-state index contributed by atoms with van der Waals surface area (Å²) in [5, 5.41) is 2.80. The van der Waals surface area contributed by atoms with E-state index in [2.05, 4.69) is 27.9 Å². The van der Waals surface area contributed by atoms with Crippen molar-refractivity contribution in [3.8, 4) is 0 Å². The van der Waals surface area contributed by atoms with Gasteiger partial charge in [0.2, 0.25) is 0 Å². The first kappa shape index (κ1) is 11.8. The van der Waals surface area contributed by atoms with Gasteiger partial charge in [-0.3, -0.25) is 4.79 Å². The van der Waals surface area contributed by atoms with E-state index >= 15 is 0 Å². The van der Waals surface area contributed by atoms with Crippen molar-refractivity contribution in [3.63, 3.8) is 0 Å².